The molecule has 0 radical (unpaired) electrons. The van der Waals surface area contributed by atoms with Crippen molar-refractivity contribution in [3.8, 4) is 5.75 Å². The normalized spacial score (nSPS) is 30.5. The van der Waals surface area contributed by atoms with Crippen molar-refractivity contribution >= 4 is 40.6 Å². The number of anilines is 1. The summed E-state index contributed by atoms with van der Waals surface area (Å²) in [6.07, 6.45) is -0.164. The molecule has 4 rings (SSSR count). The highest BCUT2D eigenvalue weighted by molar-refractivity contribution is 6.31. The van der Waals surface area contributed by atoms with Crippen molar-refractivity contribution in [3.05, 3.63) is 23.3 Å². The molecule has 0 spiro atoms. The molecule has 180 valence electrons. The number of benzene rings is 1. The van der Waals surface area contributed by atoms with Crippen molar-refractivity contribution < 1.29 is 39.0 Å². The Morgan fingerprint density at radius 2 is 1.82 bits per heavy atom. The number of phenolic OH excluding ortho intramolecular Hbond substituents is 1. The third kappa shape index (κ3) is 3.43. The Kier molecular flexibility index (Phi) is 5.65. The molecule has 3 aliphatic rings. The lowest BCUT2D eigenvalue weighted by atomic mass is 9.54. The zero-order chi connectivity index (χ0) is 25.1. The first kappa shape index (κ1) is 23.7. The standard InChI is InChI=1S/C23H25N3O8/c1-26(2)8-14(28)25-12-4-3-9-5-10-6-11-7-13(27)17(22(24)33)21(32)23(11,34)20(31)16(10)19(30)15(9)18(12)29/h3-4,10-11,16-17,29,34H,5-8H2,1-2H3,(H2,24,33)(H,25,28)/t10-,11-,16?,17?,23-/m0/s1. The molecule has 1 aromatic carbocycles. The fraction of sp³-hybridized carbons (Fsp3) is 0.478. The van der Waals surface area contributed by atoms with E-state index >= 15 is 0 Å². The van der Waals surface area contributed by atoms with Crippen LogP contribution in [0.25, 0.3) is 0 Å². The van der Waals surface area contributed by atoms with Crippen molar-refractivity contribution in [3.63, 3.8) is 0 Å². The van der Waals surface area contributed by atoms with Gasteiger partial charge in [0.25, 0.3) is 0 Å². The van der Waals surface area contributed by atoms with Crippen LogP contribution in [0.3, 0.4) is 0 Å². The summed E-state index contributed by atoms with van der Waals surface area (Å²) in [5.41, 5.74) is 2.76. The first-order chi connectivity index (χ1) is 15.9. The molecular formula is C23H25N3O8. The molecule has 2 unspecified atom stereocenters. The molecule has 11 heteroatoms. The topological polar surface area (TPSA) is 184 Å². The van der Waals surface area contributed by atoms with Crippen LogP contribution in [-0.4, -0.2) is 76.3 Å². The number of amides is 2. The number of aromatic hydroxyl groups is 1. The molecule has 3 aliphatic carbocycles. The molecular weight excluding hydrogens is 446 g/mol. The molecule has 0 aliphatic heterocycles. The van der Waals surface area contributed by atoms with Gasteiger partial charge in [0, 0.05) is 12.3 Å². The number of carbonyl (C=O) groups excluding carboxylic acids is 6. The van der Waals surface area contributed by atoms with E-state index in [1.165, 1.54) is 6.07 Å². The average Bonchev–Trinajstić information content (AvgIpc) is 2.72. The maximum absolute atomic E-state index is 13.4. The summed E-state index contributed by atoms with van der Waals surface area (Å²) in [4.78, 5) is 77.4. The van der Waals surface area contributed by atoms with E-state index in [-0.39, 0.29) is 37.1 Å². The van der Waals surface area contributed by atoms with E-state index in [0.717, 1.165) is 0 Å². The highest BCUT2D eigenvalue weighted by Crippen LogP contribution is 2.50. The third-order valence-electron chi connectivity index (χ3n) is 7.01. The molecule has 0 aromatic heterocycles. The Morgan fingerprint density at radius 3 is 2.44 bits per heavy atom. The van der Waals surface area contributed by atoms with Gasteiger partial charge in [-0.3, -0.25) is 28.8 Å². The zero-order valence-corrected chi connectivity index (χ0v) is 18.7. The zero-order valence-electron chi connectivity index (χ0n) is 18.7. The number of rotatable bonds is 4. The molecule has 0 bridgehead atoms. The van der Waals surface area contributed by atoms with Crippen molar-refractivity contribution in [1.82, 2.24) is 4.90 Å². The predicted octanol–water partition coefficient (Wildman–Crippen LogP) is -1.17. The Labute approximate surface area is 194 Å². The number of hydrogen-bond donors (Lipinski definition) is 4. The molecule has 0 heterocycles. The van der Waals surface area contributed by atoms with Crippen LogP contribution in [0.4, 0.5) is 5.69 Å². The van der Waals surface area contributed by atoms with E-state index in [1.807, 2.05) is 0 Å². The number of primary amides is 1. The number of hydrogen-bond acceptors (Lipinski definition) is 9. The van der Waals surface area contributed by atoms with Crippen molar-refractivity contribution in [2.24, 2.45) is 29.4 Å². The quantitative estimate of drug-likeness (QED) is 0.310. The number of nitrogens with one attached hydrogen (secondary N) is 1. The number of fused-ring (bicyclic) bond motifs is 3. The second kappa shape index (κ2) is 8.10. The van der Waals surface area contributed by atoms with Crippen LogP contribution in [0, 0.1) is 23.7 Å². The molecule has 2 fully saturated rings. The first-order valence-electron chi connectivity index (χ1n) is 10.8. The van der Waals surface area contributed by atoms with Gasteiger partial charge in [0.15, 0.2) is 34.7 Å². The maximum atomic E-state index is 13.4. The number of likely N-dealkylation sites (N-methyl/N-ethyl adjacent to an activating group) is 1. The SMILES string of the molecule is CN(C)CC(=O)Nc1ccc2c(c1O)C(=O)C1C(=O)[C@]3(O)C(=O)C(C(N)=O)C(=O)C[C@@H]3C[C@@H]1C2. The monoisotopic (exact) mass is 471 g/mol. The first-order valence-corrected chi connectivity index (χ1v) is 10.8. The smallest absolute Gasteiger partial charge is 0.238 e. The lowest BCUT2D eigenvalue weighted by Crippen LogP contribution is -2.68. The molecule has 1 aromatic rings. The number of aliphatic hydroxyl groups is 1. The van der Waals surface area contributed by atoms with E-state index in [4.69, 9.17) is 5.73 Å². The summed E-state index contributed by atoms with van der Waals surface area (Å²) in [6.45, 7) is 0.0317. The van der Waals surface area contributed by atoms with Crippen LogP contribution in [0.1, 0.15) is 28.8 Å². The third-order valence-corrected chi connectivity index (χ3v) is 7.01. The van der Waals surface area contributed by atoms with Crippen LogP contribution >= 0.6 is 0 Å². The number of Topliss-reactive ketones (excluding diaryl/α,β-unsaturated/α-hetero) is 4. The molecule has 11 nitrogen and oxygen atoms in total. The number of nitrogens with zero attached hydrogens (tertiary/aromatic N) is 1. The van der Waals surface area contributed by atoms with Crippen LogP contribution in [0.5, 0.6) is 5.75 Å². The van der Waals surface area contributed by atoms with Crippen LogP contribution in [0.15, 0.2) is 12.1 Å². The van der Waals surface area contributed by atoms with Crippen LogP contribution < -0.4 is 11.1 Å². The summed E-state index contributed by atoms with van der Waals surface area (Å²) >= 11 is 0. The largest absolute Gasteiger partial charge is 0.505 e. The molecule has 0 saturated heterocycles. The minimum absolute atomic E-state index is 0.00891. The Bertz CT molecular complexity index is 1160. The second-order valence-corrected chi connectivity index (χ2v) is 9.52. The van der Waals surface area contributed by atoms with Gasteiger partial charge in [0.1, 0.15) is 5.75 Å². The fourth-order valence-corrected chi connectivity index (χ4v) is 5.52. The number of phenols is 1. The fourth-order valence-electron chi connectivity index (χ4n) is 5.52. The van der Waals surface area contributed by atoms with Gasteiger partial charge in [-0.15, -0.1) is 0 Å². The summed E-state index contributed by atoms with van der Waals surface area (Å²) < 4.78 is 0. The maximum Gasteiger partial charge on any atom is 0.238 e. The van der Waals surface area contributed by atoms with Gasteiger partial charge in [-0.1, -0.05) is 6.07 Å². The van der Waals surface area contributed by atoms with Gasteiger partial charge in [-0.25, -0.2) is 0 Å². The van der Waals surface area contributed by atoms with E-state index in [1.54, 1.807) is 25.1 Å². The van der Waals surface area contributed by atoms with Gasteiger partial charge >= 0.3 is 0 Å². The van der Waals surface area contributed by atoms with Gasteiger partial charge in [0.05, 0.1) is 23.7 Å². The van der Waals surface area contributed by atoms with Crippen LogP contribution in [-0.2, 0) is 30.4 Å². The highest BCUT2D eigenvalue weighted by Gasteiger charge is 2.66. The molecule has 34 heavy (non-hydrogen) atoms. The van der Waals surface area contributed by atoms with E-state index in [0.29, 0.717) is 5.56 Å². The molecule has 5 atom stereocenters. The lowest BCUT2D eigenvalue weighted by molar-refractivity contribution is -0.175. The Morgan fingerprint density at radius 1 is 1.15 bits per heavy atom. The Hall–Kier alpha value is -3.44. The summed E-state index contributed by atoms with van der Waals surface area (Å²) in [5, 5.41) is 24.4. The van der Waals surface area contributed by atoms with Gasteiger partial charge < -0.3 is 26.2 Å². The van der Waals surface area contributed by atoms with Gasteiger partial charge in [0.2, 0.25) is 11.8 Å². The highest BCUT2D eigenvalue weighted by atomic mass is 16.3. The minimum Gasteiger partial charge on any atom is -0.505 e. The number of carbonyl (C=O) groups is 6. The number of ketones is 4. The van der Waals surface area contributed by atoms with Crippen molar-refractivity contribution in [2.45, 2.75) is 24.9 Å². The van der Waals surface area contributed by atoms with E-state index in [9.17, 15) is 39.0 Å². The van der Waals surface area contributed by atoms with Crippen LogP contribution in [0.2, 0.25) is 0 Å². The molecule has 2 amide bonds. The van der Waals surface area contributed by atoms with Crippen molar-refractivity contribution in [2.75, 3.05) is 26.0 Å². The van der Waals surface area contributed by atoms with Gasteiger partial charge in [-0.05, 0) is 44.5 Å². The van der Waals surface area contributed by atoms with Crippen molar-refractivity contribution in [1.29, 1.82) is 0 Å². The number of nitrogens with two attached hydrogens (primary N) is 1. The lowest BCUT2D eigenvalue weighted by Gasteiger charge is -2.48. The molecule has 2 saturated carbocycles. The average molecular weight is 471 g/mol. The van der Waals surface area contributed by atoms with E-state index in [2.05, 4.69) is 5.32 Å². The summed E-state index contributed by atoms with van der Waals surface area (Å²) in [5.74, 6) is -11.2. The predicted molar refractivity (Wildman–Crippen MR) is 116 cm³/mol. The van der Waals surface area contributed by atoms with Gasteiger partial charge in [-0.2, -0.15) is 0 Å². The summed E-state index contributed by atoms with van der Waals surface area (Å²) in [7, 11) is 3.37. The Balaban J connectivity index is 1.71. The minimum atomic E-state index is -2.69. The second-order valence-electron chi connectivity index (χ2n) is 9.52. The van der Waals surface area contributed by atoms with E-state index < -0.39 is 70.0 Å². The summed E-state index contributed by atoms with van der Waals surface area (Å²) in [6, 6.07) is 3.03. The molecule has 5 N–H and O–H groups in total.